The van der Waals surface area contributed by atoms with Gasteiger partial charge in [0.25, 0.3) is 11.8 Å². The average Bonchev–Trinajstić information content (AvgIpc) is 2.08. The topological polar surface area (TPSA) is 9.23 Å². The largest absolute Gasteiger partial charge is 0.395 e. The number of rotatable bonds is 6. The highest BCUT2D eigenvalue weighted by molar-refractivity contribution is 6.22. The molecule has 0 aliphatic heterocycles. The first-order valence-electron chi connectivity index (χ1n) is 4.79. The minimum Gasteiger partial charge on any atom is -0.331 e. The maximum Gasteiger partial charge on any atom is 0.395 e. The lowest BCUT2D eigenvalue weighted by molar-refractivity contribution is -0.237. The van der Waals surface area contributed by atoms with Crippen LogP contribution in [0.1, 0.15) is 12.8 Å². The second kappa shape index (κ2) is 6.53. The Morgan fingerprint density at radius 3 is 1.05 bits per heavy atom. The molecule has 0 aromatic rings. The molecule has 1 nitrogen and oxygen atoms in total. The van der Waals surface area contributed by atoms with Crippen LogP contribution in [0.3, 0.4) is 0 Å². The van der Waals surface area contributed by atoms with Crippen LogP contribution in [0.2, 0.25) is 0 Å². The summed E-state index contributed by atoms with van der Waals surface area (Å²) in [6.45, 7) is 0. The second-order valence-electron chi connectivity index (χ2n) is 3.87. The summed E-state index contributed by atoms with van der Waals surface area (Å²) in [6, 6.07) is 0. The molecular formula is C8H6Cl2F10O. The number of ether oxygens (including phenoxy) is 1. The lowest BCUT2D eigenvalue weighted by Gasteiger charge is -2.28. The molecule has 0 fully saturated rings. The first kappa shape index (κ1) is 20.8. The van der Waals surface area contributed by atoms with E-state index < -0.39 is 48.2 Å². The minimum absolute atomic E-state index is 2.82. The van der Waals surface area contributed by atoms with E-state index in [4.69, 9.17) is 0 Å². The summed E-state index contributed by atoms with van der Waals surface area (Å²) < 4.78 is 126. The minimum atomic E-state index is -5.41. The van der Waals surface area contributed by atoms with E-state index in [2.05, 4.69) is 27.9 Å². The maximum absolute atomic E-state index is 12.9. The smallest absolute Gasteiger partial charge is 0.331 e. The molecule has 0 bridgehead atoms. The molecule has 13 heteroatoms. The van der Waals surface area contributed by atoms with Crippen LogP contribution in [0.5, 0.6) is 0 Å². The molecule has 0 saturated carbocycles. The third-order valence-corrected chi connectivity index (χ3v) is 2.62. The molecule has 0 spiro atoms. The van der Waals surface area contributed by atoms with Gasteiger partial charge in [-0.2, -0.15) is 26.3 Å². The van der Waals surface area contributed by atoms with Gasteiger partial charge in [-0.05, 0) is 0 Å². The van der Waals surface area contributed by atoms with Crippen molar-refractivity contribution in [2.45, 2.75) is 48.2 Å². The summed E-state index contributed by atoms with van der Waals surface area (Å²) in [6.07, 6.45) is -16.4. The Morgan fingerprint density at radius 2 is 0.857 bits per heavy atom. The van der Waals surface area contributed by atoms with Gasteiger partial charge in [-0.3, -0.25) is 0 Å². The standard InChI is InChI=1S/C8H6Cl2F10O/c9-3(5(11,12)1-7(15,16)17)21-4(10)6(13,14)2-8(18,19)20/h3-4H,1-2H2. The van der Waals surface area contributed by atoms with Gasteiger partial charge in [0.1, 0.15) is 12.8 Å². The van der Waals surface area contributed by atoms with E-state index in [0.29, 0.717) is 0 Å². The Kier molecular flexibility index (Phi) is 6.48. The Balaban J connectivity index is 4.80. The van der Waals surface area contributed by atoms with Crippen molar-refractivity contribution in [3.8, 4) is 0 Å². The van der Waals surface area contributed by atoms with Gasteiger partial charge in [0.05, 0.1) is 0 Å². The zero-order valence-electron chi connectivity index (χ0n) is 9.51. The Morgan fingerprint density at radius 1 is 0.619 bits per heavy atom. The second-order valence-corrected chi connectivity index (χ2v) is 4.67. The third kappa shape index (κ3) is 8.15. The number of hydrogen-bond acceptors (Lipinski definition) is 1. The molecule has 0 amide bonds. The molecule has 0 aromatic carbocycles. The molecule has 0 aliphatic rings. The van der Waals surface area contributed by atoms with Gasteiger partial charge in [0, 0.05) is 0 Å². The predicted molar refractivity (Wildman–Crippen MR) is 51.6 cm³/mol. The Hall–Kier alpha value is -0.160. The van der Waals surface area contributed by atoms with Gasteiger partial charge >= 0.3 is 12.4 Å². The van der Waals surface area contributed by atoms with Crippen molar-refractivity contribution in [1.29, 1.82) is 0 Å². The van der Waals surface area contributed by atoms with Crippen molar-refractivity contribution in [1.82, 2.24) is 0 Å². The summed E-state index contributed by atoms with van der Waals surface area (Å²) in [4.78, 5) is 0. The molecule has 2 unspecified atom stereocenters. The molecule has 0 heterocycles. The van der Waals surface area contributed by atoms with Gasteiger partial charge in [0.2, 0.25) is 0 Å². The SMILES string of the molecule is FC(F)(F)CC(F)(F)C(Cl)OC(Cl)C(F)(F)CC(F)(F)F. The number of halogens is 12. The Labute approximate surface area is 121 Å². The van der Waals surface area contributed by atoms with Crippen LogP contribution in [0.4, 0.5) is 43.9 Å². The van der Waals surface area contributed by atoms with Crippen LogP contribution in [0.25, 0.3) is 0 Å². The predicted octanol–water partition coefficient (Wildman–Crippen LogP) is 5.31. The highest BCUT2D eigenvalue weighted by Crippen LogP contribution is 2.41. The van der Waals surface area contributed by atoms with E-state index in [1.54, 1.807) is 0 Å². The fourth-order valence-corrected chi connectivity index (χ4v) is 1.41. The van der Waals surface area contributed by atoms with Crippen LogP contribution < -0.4 is 0 Å². The normalized spacial score (nSPS) is 17.7. The van der Waals surface area contributed by atoms with Crippen LogP contribution in [-0.4, -0.2) is 35.3 Å². The van der Waals surface area contributed by atoms with Crippen LogP contribution in [-0.2, 0) is 4.74 Å². The zero-order valence-corrected chi connectivity index (χ0v) is 11.0. The molecule has 0 saturated heterocycles. The van der Waals surface area contributed by atoms with Crippen molar-refractivity contribution >= 4 is 23.2 Å². The molecule has 0 radical (unpaired) electrons. The van der Waals surface area contributed by atoms with Gasteiger partial charge in [-0.1, -0.05) is 23.2 Å². The Bertz CT molecular complexity index is 307. The van der Waals surface area contributed by atoms with E-state index >= 15 is 0 Å². The van der Waals surface area contributed by atoms with Crippen LogP contribution >= 0.6 is 23.2 Å². The van der Waals surface area contributed by atoms with Crippen molar-refractivity contribution in [2.75, 3.05) is 0 Å². The van der Waals surface area contributed by atoms with Crippen LogP contribution in [0.15, 0.2) is 0 Å². The lowest BCUT2D eigenvalue weighted by atomic mass is 10.2. The van der Waals surface area contributed by atoms with Crippen molar-refractivity contribution in [2.24, 2.45) is 0 Å². The molecule has 128 valence electrons. The van der Waals surface area contributed by atoms with E-state index in [1.165, 1.54) is 0 Å². The zero-order chi connectivity index (χ0) is 17.3. The summed E-state index contributed by atoms with van der Waals surface area (Å²) in [5.41, 5.74) is -6.58. The van der Waals surface area contributed by atoms with Crippen LogP contribution in [0, 0.1) is 0 Å². The van der Waals surface area contributed by atoms with E-state index in [0.717, 1.165) is 0 Å². The van der Waals surface area contributed by atoms with E-state index in [1.807, 2.05) is 0 Å². The quantitative estimate of drug-likeness (QED) is 0.449. The fraction of sp³-hybridized carbons (Fsp3) is 1.00. The average molecular weight is 379 g/mol. The van der Waals surface area contributed by atoms with Crippen molar-refractivity contribution < 1.29 is 48.6 Å². The van der Waals surface area contributed by atoms with Crippen molar-refractivity contribution in [3.63, 3.8) is 0 Å². The molecule has 2 atom stereocenters. The molecule has 0 aromatic heterocycles. The number of alkyl halides is 12. The number of hydrogen-bond donors (Lipinski definition) is 0. The monoisotopic (exact) mass is 378 g/mol. The molecule has 21 heavy (non-hydrogen) atoms. The highest BCUT2D eigenvalue weighted by Gasteiger charge is 2.54. The lowest BCUT2D eigenvalue weighted by Crippen LogP contribution is -2.43. The molecular weight excluding hydrogens is 373 g/mol. The first-order chi connectivity index (χ1) is 8.96. The van der Waals surface area contributed by atoms with Gasteiger partial charge in [-0.15, -0.1) is 0 Å². The van der Waals surface area contributed by atoms with Gasteiger partial charge in [0.15, 0.2) is 11.1 Å². The summed E-state index contributed by atoms with van der Waals surface area (Å²) in [7, 11) is 0. The molecule has 0 N–H and O–H groups in total. The molecule has 0 rings (SSSR count). The van der Waals surface area contributed by atoms with E-state index in [9.17, 15) is 43.9 Å². The van der Waals surface area contributed by atoms with Crippen molar-refractivity contribution in [3.05, 3.63) is 0 Å². The summed E-state index contributed by atoms with van der Waals surface area (Å²) in [5.74, 6) is -9.72. The summed E-state index contributed by atoms with van der Waals surface area (Å²) in [5, 5.41) is 0. The fourth-order valence-electron chi connectivity index (χ4n) is 0.999. The maximum atomic E-state index is 12.9. The van der Waals surface area contributed by atoms with Gasteiger partial charge in [-0.25, -0.2) is 17.6 Å². The molecule has 0 aliphatic carbocycles. The van der Waals surface area contributed by atoms with E-state index in [-0.39, 0.29) is 0 Å². The first-order valence-corrected chi connectivity index (χ1v) is 5.66. The summed E-state index contributed by atoms with van der Waals surface area (Å²) >= 11 is 9.36. The third-order valence-electron chi connectivity index (χ3n) is 1.78. The van der Waals surface area contributed by atoms with Gasteiger partial charge < -0.3 is 4.74 Å². The highest BCUT2D eigenvalue weighted by atomic mass is 35.5.